The average Bonchev–Trinajstić information content (AvgIpc) is 2.86. The monoisotopic (exact) mass is 327 g/mol. The number of aromatic nitrogens is 1. The van der Waals surface area contributed by atoms with E-state index in [0.29, 0.717) is 11.5 Å². The van der Waals surface area contributed by atoms with Crippen LogP contribution in [0.1, 0.15) is 16.3 Å². The number of rotatable bonds is 4. The molecule has 0 saturated heterocycles. The van der Waals surface area contributed by atoms with E-state index in [2.05, 4.69) is 20.9 Å². The van der Waals surface area contributed by atoms with Crippen molar-refractivity contribution >= 4 is 33.6 Å². The Morgan fingerprint density at radius 1 is 1.44 bits per heavy atom. The molecule has 3 N–H and O–H groups in total. The molecule has 94 valence electrons. The van der Waals surface area contributed by atoms with Crippen LogP contribution in [-0.4, -0.2) is 10.9 Å². The zero-order valence-corrected chi connectivity index (χ0v) is 11.6. The van der Waals surface area contributed by atoms with Crippen molar-refractivity contribution in [2.24, 2.45) is 5.84 Å². The van der Waals surface area contributed by atoms with E-state index < -0.39 is 5.91 Å². The van der Waals surface area contributed by atoms with Gasteiger partial charge in [0.2, 0.25) is 0 Å². The van der Waals surface area contributed by atoms with Gasteiger partial charge in [-0.3, -0.25) is 10.2 Å². The van der Waals surface area contributed by atoms with Crippen molar-refractivity contribution in [3.63, 3.8) is 0 Å². The molecule has 0 saturated carbocycles. The maximum Gasteiger partial charge on any atom is 0.300 e. The number of thioether (sulfide) groups is 1. The number of amides is 1. The van der Waals surface area contributed by atoms with E-state index in [1.807, 2.05) is 17.6 Å². The molecule has 5 nitrogen and oxygen atoms in total. The van der Waals surface area contributed by atoms with Crippen LogP contribution >= 0.6 is 27.7 Å². The van der Waals surface area contributed by atoms with Gasteiger partial charge in [-0.2, -0.15) is 0 Å². The van der Waals surface area contributed by atoms with Crippen molar-refractivity contribution in [2.75, 3.05) is 0 Å². The minimum absolute atomic E-state index is 0.205. The number of hydrogen-bond acceptors (Lipinski definition) is 5. The second-order valence-corrected chi connectivity index (χ2v) is 5.25. The van der Waals surface area contributed by atoms with Gasteiger partial charge in [0.15, 0.2) is 5.76 Å². The van der Waals surface area contributed by atoms with Gasteiger partial charge in [0.25, 0.3) is 0 Å². The van der Waals surface area contributed by atoms with Gasteiger partial charge in [-0.25, -0.2) is 10.8 Å². The molecule has 0 fully saturated rings. The van der Waals surface area contributed by atoms with Crippen LogP contribution in [0.25, 0.3) is 0 Å². The molecule has 0 aliphatic rings. The van der Waals surface area contributed by atoms with Crippen LogP contribution in [0.4, 0.5) is 0 Å². The van der Waals surface area contributed by atoms with Gasteiger partial charge in [0, 0.05) is 10.7 Å². The first kappa shape index (κ1) is 13.1. The summed E-state index contributed by atoms with van der Waals surface area (Å²) in [5.74, 6) is 6.08. The normalized spacial score (nSPS) is 10.3. The Morgan fingerprint density at radius 2 is 2.28 bits per heavy atom. The lowest BCUT2D eigenvalue weighted by Crippen LogP contribution is -2.29. The molecule has 2 rings (SSSR count). The Kier molecular flexibility index (Phi) is 4.40. The molecule has 0 aliphatic heterocycles. The van der Waals surface area contributed by atoms with Gasteiger partial charge < -0.3 is 4.42 Å². The summed E-state index contributed by atoms with van der Waals surface area (Å²) in [7, 11) is 0. The molecule has 7 heteroatoms. The topological polar surface area (TPSA) is 81.1 Å². The number of carbonyl (C=O) groups excluding carboxylic acids is 1. The number of nitrogens with one attached hydrogen (secondary N) is 1. The molecule has 1 amide bonds. The predicted molar refractivity (Wildman–Crippen MR) is 71.9 cm³/mol. The zero-order valence-electron chi connectivity index (χ0n) is 9.22. The van der Waals surface area contributed by atoms with E-state index in [1.54, 1.807) is 18.3 Å². The highest BCUT2D eigenvalue weighted by Crippen LogP contribution is 2.23. The van der Waals surface area contributed by atoms with Crippen LogP contribution in [0.3, 0.4) is 0 Å². The lowest BCUT2D eigenvalue weighted by Gasteiger charge is -1.98. The van der Waals surface area contributed by atoms with Crippen LogP contribution < -0.4 is 11.3 Å². The molecule has 2 aromatic rings. The van der Waals surface area contributed by atoms with Crippen molar-refractivity contribution in [1.82, 2.24) is 10.4 Å². The Bertz CT molecular complexity index is 541. The number of carbonyl (C=O) groups is 1. The van der Waals surface area contributed by atoms with Gasteiger partial charge in [-0.1, -0.05) is 11.8 Å². The van der Waals surface area contributed by atoms with Crippen LogP contribution in [-0.2, 0) is 5.75 Å². The van der Waals surface area contributed by atoms with Crippen LogP contribution in [0, 0.1) is 0 Å². The smallest absolute Gasteiger partial charge is 0.300 e. The van der Waals surface area contributed by atoms with Crippen molar-refractivity contribution in [1.29, 1.82) is 0 Å². The highest BCUT2D eigenvalue weighted by atomic mass is 79.9. The van der Waals surface area contributed by atoms with Crippen LogP contribution in [0.5, 0.6) is 0 Å². The van der Waals surface area contributed by atoms with Crippen molar-refractivity contribution in [2.45, 2.75) is 10.8 Å². The summed E-state index contributed by atoms with van der Waals surface area (Å²) in [4.78, 5) is 15.4. The van der Waals surface area contributed by atoms with Gasteiger partial charge in [-0.05, 0) is 40.2 Å². The van der Waals surface area contributed by atoms with Crippen LogP contribution in [0.2, 0.25) is 0 Å². The Balaban J connectivity index is 1.96. The lowest BCUT2D eigenvalue weighted by molar-refractivity contribution is 0.0924. The van der Waals surface area contributed by atoms with Crippen LogP contribution in [0.15, 0.2) is 44.4 Å². The molecule has 2 heterocycles. The molecular weight excluding hydrogens is 318 g/mol. The zero-order chi connectivity index (χ0) is 13.0. The summed E-state index contributed by atoms with van der Waals surface area (Å²) in [6.07, 6.45) is 1.73. The lowest BCUT2D eigenvalue weighted by atomic mass is 10.4. The Morgan fingerprint density at radius 3 is 2.94 bits per heavy atom. The fourth-order valence-electron chi connectivity index (χ4n) is 1.24. The SMILES string of the molecule is NNC(=O)c1ccc(CSc2ccc(Br)cn2)o1. The van der Waals surface area contributed by atoms with Crippen molar-refractivity contribution < 1.29 is 9.21 Å². The summed E-state index contributed by atoms with van der Waals surface area (Å²) < 4.78 is 6.27. The fraction of sp³-hybridized carbons (Fsp3) is 0.0909. The summed E-state index contributed by atoms with van der Waals surface area (Å²) in [6, 6.07) is 7.17. The Hall–Kier alpha value is -1.31. The van der Waals surface area contributed by atoms with E-state index in [1.165, 1.54) is 11.8 Å². The van der Waals surface area contributed by atoms with Crippen molar-refractivity contribution in [3.8, 4) is 0 Å². The highest BCUT2D eigenvalue weighted by molar-refractivity contribution is 9.10. The number of nitrogens with two attached hydrogens (primary N) is 1. The van der Waals surface area contributed by atoms with Gasteiger partial charge in [0.1, 0.15) is 5.76 Å². The number of furan rings is 1. The molecular formula is C11H10BrN3O2S. The third-order valence-corrected chi connectivity index (χ3v) is 3.51. The molecule has 0 aromatic carbocycles. The molecule has 0 bridgehead atoms. The average molecular weight is 328 g/mol. The molecule has 0 spiro atoms. The number of hydrogen-bond donors (Lipinski definition) is 2. The maximum atomic E-state index is 11.2. The first-order valence-corrected chi connectivity index (χ1v) is 6.81. The minimum Gasteiger partial charge on any atom is -0.455 e. The van der Waals surface area contributed by atoms with Gasteiger partial charge in [0.05, 0.1) is 10.8 Å². The maximum absolute atomic E-state index is 11.2. The van der Waals surface area contributed by atoms with E-state index >= 15 is 0 Å². The third kappa shape index (κ3) is 3.34. The number of nitrogens with zero attached hydrogens (tertiary/aromatic N) is 1. The Labute approximate surface area is 116 Å². The second-order valence-electron chi connectivity index (χ2n) is 3.34. The predicted octanol–water partition coefficient (Wildman–Crippen LogP) is 2.33. The number of pyridine rings is 1. The number of nitrogen functional groups attached to an aromatic ring is 1. The van der Waals surface area contributed by atoms with E-state index in [9.17, 15) is 4.79 Å². The molecule has 2 aromatic heterocycles. The largest absolute Gasteiger partial charge is 0.455 e. The minimum atomic E-state index is -0.437. The summed E-state index contributed by atoms with van der Waals surface area (Å²) in [5.41, 5.74) is 2.02. The summed E-state index contributed by atoms with van der Waals surface area (Å²) in [6.45, 7) is 0. The second kappa shape index (κ2) is 6.03. The first-order chi connectivity index (χ1) is 8.69. The summed E-state index contributed by atoms with van der Waals surface area (Å²) >= 11 is 4.85. The third-order valence-electron chi connectivity index (χ3n) is 2.08. The quantitative estimate of drug-likeness (QED) is 0.390. The summed E-state index contributed by atoms with van der Waals surface area (Å²) in [5, 5.41) is 0.888. The number of hydrazine groups is 1. The molecule has 0 aliphatic carbocycles. The van der Waals surface area contributed by atoms with Crippen molar-refractivity contribution in [3.05, 3.63) is 46.5 Å². The fourth-order valence-corrected chi connectivity index (χ4v) is 2.21. The first-order valence-electron chi connectivity index (χ1n) is 5.03. The van der Waals surface area contributed by atoms with Gasteiger partial charge in [-0.15, -0.1) is 0 Å². The standard InChI is InChI=1S/C11H10BrN3O2S/c12-7-1-4-10(14-5-7)18-6-8-2-3-9(17-8)11(16)15-13/h1-5H,6,13H2,(H,15,16). The number of halogens is 1. The molecule has 18 heavy (non-hydrogen) atoms. The molecule has 0 atom stereocenters. The van der Waals surface area contributed by atoms with Gasteiger partial charge >= 0.3 is 5.91 Å². The highest BCUT2D eigenvalue weighted by Gasteiger charge is 2.09. The van der Waals surface area contributed by atoms with E-state index in [0.717, 1.165) is 9.50 Å². The molecule has 0 unspecified atom stereocenters. The van der Waals surface area contributed by atoms with E-state index in [-0.39, 0.29) is 5.76 Å². The molecule has 0 radical (unpaired) electrons. The van der Waals surface area contributed by atoms with E-state index in [4.69, 9.17) is 10.3 Å².